The van der Waals surface area contributed by atoms with E-state index in [-0.39, 0.29) is 36.7 Å². The minimum Gasteiger partial charge on any atom is -0.504 e. The van der Waals surface area contributed by atoms with Crippen LogP contribution in [0.1, 0.15) is 56.6 Å². The largest absolute Gasteiger partial charge is 0.504 e. The number of carboxylic acids is 1. The van der Waals surface area contributed by atoms with Crippen molar-refractivity contribution < 1.29 is 43.9 Å². The Morgan fingerprint density at radius 3 is 2.80 bits per heavy atom. The molecule has 35 heavy (non-hydrogen) atoms. The summed E-state index contributed by atoms with van der Waals surface area (Å²) in [5, 5.41) is 31.2. The van der Waals surface area contributed by atoms with Crippen LogP contribution in [0.25, 0.3) is 0 Å². The van der Waals surface area contributed by atoms with Crippen LogP contribution in [-0.2, 0) is 35.7 Å². The molecule has 10 nitrogen and oxygen atoms in total. The lowest BCUT2D eigenvalue weighted by Crippen LogP contribution is -2.67. The summed E-state index contributed by atoms with van der Waals surface area (Å²) in [5.74, 6) is -2.32. The second-order valence-corrected chi connectivity index (χ2v) is 9.98. The van der Waals surface area contributed by atoms with Gasteiger partial charge < -0.3 is 35.3 Å². The SMILES string of the molecule is C[C@H](OC(=O)[C@@H](N)CCC(=O)O)C(=O)OC1=CC[C@@]2(O)[C@@H]3CCC[C@@]24c2c(ccc(O)c2O[C@@H]14)C3. The number of carbonyl (C=O) groups excluding carboxylic acids is 2. The number of esters is 2. The Hall–Kier alpha value is -3.11. The minimum atomic E-state index is -1.30. The lowest BCUT2D eigenvalue weighted by Gasteiger charge is -2.59. The minimum absolute atomic E-state index is 0.0195. The van der Waals surface area contributed by atoms with Crippen molar-refractivity contribution >= 4 is 17.9 Å². The Morgan fingerprint density at radius 2 is 2.06 bits per heavy atom. The smallest absolute Gasteiger partial charge is 0.352 e. The molecule has 1 spiro atoms. The Labute approximate surface area is 201 Å². The van der Waals surface area contributed by atoms with Gasteiger partial charge in [0, 0.05) is 12.0 Å². The van der Waals surface area contributed by atoms with Gasteiger partial charge in [-0.05, 0) is 62.7 Å². The topological polar surface area (TPSA) is 166 Å². The van der Waals surface area contributed by atoms with E-state index in [0.717, 1.165) is 24.0 Å². The number of carboxylic acid groups (broad SMARTS) is 1. The standard InChI is InChI=1S/C25H29NO9/c1-12(33-23(31)15(26)5-7-18(28)29)22(30)34-17-8-10-25(32)14-3-2-9-24(25)19-13(11-14)4-6-16(27)20(19)35-21(17)24/h4,6,8,12,14-15,21,27,32H,2-3,5,7,9-11,26H2,1H3,(H,28,29)/t12-,14+,15-,21-,24-,25+/m0/s1. The van der Waals surface area contributed by atoms with Gasteiger partial charge in [0.2, 0.25) is 0 Å². The number of benzene rings is 1. The van der Waals surface area contributed by atoms with Gasteiger partial charge in [0.05, 0.1) is 11.0 Å². The summed E-state index contributed by atoms with van der Waals surface area (Å²) in [6.45, 7) is 1.34. The van der Waals surface area contributed by atoms with Gasteiger partial charge in [-0.2, -0.15) is 0 Å². The summed E-state index contributed by atoms with van der Waals surface area (Å²) in [7, 11) is 0. The summed E-state index contributed by atoms with van der Waals surface area (Å²) < 4.78 is 17.0. The summed E-state index contributed by atoms with van der Waals surface area (Å²) >= 11 is 0. The molecule has 4 aliphatic rings. The van der Waals surface area contributed by atoms with Crippen LogP contribution in [0.15, 0.2) is 24.0 Å². The van der Waals surface area contributed by atoms with E-state index in [0.29, 0.717) is 18.6 Å². The third-order valence-corrected chi connectivity index (χ3v) is 8.08. The molecule has 1 fully saturated rings. The predicted octanol–water partition coefficient (Wildman–Crippen LogP) is 1.43. The summed E-state index contributed by atoms with van der Waals surface area (Å²) in [6, 6.07) is 2.28. The molecule has 1 aromatic rings. The van der Waals surface area contributed by atoms with E-state index >= 15 is 0 Å². The van der Waals surface area contributed by atoms with Crippen LogP contribution < -0.4 is 10.5 Å². The number of hydrogen-bond acceptors (Lipinski definition) is 9. The zero-order chi connectivity index (χ0) is 25.1. The first-order chi connectivity index (χ1) is 16.6. The third kappa shape index (κ3) is 3.41. The zero-order valence-electron chi connectivity index (χ0n) is 19.4. The number of aliphatic carboxylic acids is 1. The fourth-order valence-corrected chi connectivity index (χ4v) is 6.44. The van der Waals surface area contributed by atoms with E-state index in [1.807, 2.05) is 6.07 Å². The van der Waals surface area contributed by atoms with Gasteiger partial charge in [0.1, 0.15) is 11.8 Å². The fraction of sp³-hybridized carbons (Fsp3) is 0.560. The second kappa shape index (κ2) is 8.23. The Balaban J connectivity index is 1.37. The molecular weight excluding hydrogens is 458 g/mol. The van der Waals surface area contributed by atoms with Crippen LogP contribution in [0, 0.1) is 5.92 Å². The van der Waals surface area contributed by atoms with Crippen LogP contribution >= 0.6 is 0 Å². The van der Waals surface area contributed by atoms with Crippen LogP contribution in [0.3, 0.4) is 0 Å². The highest BCUT2D eigenvalue weighted by atomic mass is 16.6. The van der Waals surface area contributed by atoms with Crippen LogP contribution in [-0.4, -0.2) is 57.1 Å². The molecule has 5 N–H and O–H groups in total. The third-order valence-electron chi connectivity index (χ3n) is 8.08. The molecule has 1 aliphatic heterocycles. The van der Waals surface area contributed by atoms with Crippen molar-refractivity contribution in [3.05, 3.63) is 35.1 Å². The molecule has 5 rings (SSSR count). The Kier molecular flexibility index (Phi) is 5.56. The first-order valence-corrected chi connectivity index (χ1v) is 11.9. The molecule has 1 saturated carbocycles. The molecule has 6 atom stereocenters. The quantitative estimate of drug-likeness (QED) is 0.413. The number of rotatable bonds is 7. The molecule has 0 aromatic heterocycles. The zero-order valence-corrected chi connectivity index (χ0v) is 19.4. The van der Waals surface area contributed by atoms with Gasteiger partial charge in [-0.1, -0.05) is 12.5 Å². The van der Waals surface area contributed by atoms with Gasteiger partial charge >= 0.3 is 17.9 Å². The number of hydrogen-bond donors (Lipinski definition) is 4. The molecule has 1 heterocycles. The van der Waals surface area contributed by atoms with Gasteiger partial charge in [-0.3, -0.25) is 9.59 Å². The van der Waals surface area contributed by atoms with E-state index in [1.54, 1.807) is 12.1 Å². The molecule has 0 unspecified atom stereocenters. The van der Waals surface area contributed by atoms with Gasteiger partial charge in [-0.15, -0.1) is 0 Å². The van der Waals surface area contributed by atoms with Crippen molar-refractivity contribution in [2.45, 2.75) is 81.1 Å². The summed E-state index contributed by atoms with van der Waals surface area (Å²) in [5.41, 5.74) is 5.55. The Bertz CT molecular complexity index is 1130. The van der Waals surface area contributed by atoms with Gasteiger partial charge in [-0.25, -0.2) is 4.79 Å². The summed E-state index contributed by atoms with van der Waals surface area (Å²) in [4.78, 5) is 35.7. The molecule has 10 heteroatoms. The van der Waals surface area contributed by atoms with Crippen LogP contribution in [0.4, 0.5) is 0 Å². The van der Waals surface area contributed by atoms with Crippen molar-refractivity contribution in [2.24, 2.45) is 11.7 Å². The average Bonchev–Trinajstić information content (AvgIpc) is 3.16. The van der Waals surface area contributed by atoms with E-state index in [4.69, 9.17) is 25.1 Å². The van der Waals surface area contributed by atoms with Crippen molar-refractivity contribution in [3.8, 4) is 11.5 Å². The number of phenols is 1. The normalized spacial score (nSPS) is 31.3. The molecule has 188 valence electrons. The second-order valence-electron chi connectivity index (χ2n) is 9.98. The Morgan fingerprint density at radius 1 is 1.29 bits per heavy atom. The number of carbonyl (C=O) groups is 3. The summed E-state index contributed by atoms with van der Waals surface area (Å²) in [6.07, 6.45) is 2.44. The predicted molar refractivity (Wildman–Crippen MR) is 119 cm³/mol. The maximum atomic E-state index is 12.8. The van der Waals surface area contributed by atoms with Crippen LogP contribution in [0.2, 0.25) is 0 Å². The highest BCUT2D eigenvalue weighted by molar-refractivity contribution is 5.82. The number of aliphatic hydroxyl groups is 1. The van der Waals surface area contributed by atoms with Crippen molar-refractivity contribution in [3.63, 3.8) is 0 Å². The van der Waals surface area contributed by atoms with Crippen molar-refractivity contribution in [2.75, 3.05) is 0 Å². The van der Waals surface area contributed by atoms with Crippen molar-refractivity contribution in [1.82, 2.24) is 0 Å². The average molecular weight is 488 g/mol. The van der Waals surface area contributed by atoms with Crippen LogP contribution in [0.5, 0.6) is 11.5 Å². The molecule has 3 aliphatic carbocycles. The monoisotopic (exact) mass is 487 g/mol. The van der Waals surface area contributed by atoms with Gasteiger partial charge in [0.25, 0.3) is 0 Å². The maximum Gasteiger partial charge on any atom is 0.352 e. The highest BCUT2D eigenvalue weighted by Gasteiger charge is 2.70. The fourth-order valence-electron chi connectivity index (χ4n) is 6.44. The molecule has 1 aromatic carbocycles. The molecular formula is C25H29NO9. The van der Waals surface area contributed by atoms with E-state index < -0.39 is 47.2 Å². The first-order valence-electron chi connectivity index (χ1n) is 11.9. The first kappa shape index (κ1) is 23.6. The number of aromatic hydroxyl groups is 1. The lowest BCUT2D eigenvalue weighted by molar-refractivity contribution is -0.171. The van der Waals surface area contributed by atoms with E-state index in [9.17, 15) is 24.6 Å². The maximum absolute atomic E-state index is 12.8. The van der Waals surface area contributed by atoms with Gasteiger partial charge in [0.15, 0.2) is 23.7 Å². The van der Waals surface area contributed by atoms with E-state index in [1.165, 1.54) is 6.92 Å². The molecule has 0 saturated heterocycles. The van der Waals surface area contributed by atoms with Crippen molar-refractivity contribution in [1.29, 1.82) is 0 Å². The molecule has 2 bridgehead atoms. The number of nitrogens with two attached hydrogens (primary N) is 1. The number of phenolic OH excluding ortho intramolecular Hbond substituents is 1. The molecule has 0 radical (unpaired) electrons. The number of ether oxygens (including phenoxy) is 3. The highest BCUT2D eigenvalue weighted by Crippen LogP contribution is 2.67. The molecule has 0 amide bonds. The van der Waals surface area contributed by atoms with E-state index in [2.05, 4.69) is 0 Å². The lowest BCUT2D eigenvalue weighted by atomic mass is 9.47.